The van der Waals surface area contributed by atoms with Crippen LogP contribution in [-0.2, 0) is 19.1 Å². The predicted octanol–water partition coefficient (Wildman–Crippen LogP) is 3.46. The van der Waals surface area contributed by atoms with Gasteiger partial charge in [0.1, 0.15) is 0 Å². The first-order chi connectivity index (χ1) is 13.7. The molecule has 2 aromatic rings. The standard InChI is InChI=1S/C23H26N2O4/c1-14-5-15(2)8-19(7-14)24-21(26)13-29-23(28)18-11-22(27)25(12-18)20-9-16(3)6-17(4)10-20/h5-10,18H,11-13H2,1-4H3,(H,24,26)/t18-/m0/s1. The molecule has 6 heteroatoms. The Bertz CT molecular complexity index is 927. The SMILES string of the molecule is Cc1cc(C)cc(NC(=O)COC(=O)[C@H]2CC(=O)N(c3cc(C)cc(C)c3)C2)c1. The Morgan fingerprint density at radius 1 is 0.966 bits per heavy atom. The summed E-state index contributed by atoms with van der Waals surface area (Å²) in [6.07, 6.45) is 0.0878. The average molecular weight is 394 g/mol. The van der Waals surface area contributed by atoms with E-state index in [9.17, 15) is 14.4 Å². The lowest BCUT2D eigenvalue weighted by Gasteiger charge is -2.18. The molecule has 1 N–H and O–H groups in total. The van der Waals surface area contributed by atoms with Crippen LogP contribution in [0.15, 0.2) is 36.4 Å². The number of aryl methyl sites for hydroxylation is 4. The summed E-state index contributed by atoms with van der Waals surface area (Å²) in [6, 6.07) is 11.6. The van der Waals surface area contributed by atoms with Gasteiger partial charge < -0.3 is 15.0 Å². The van der Waals surface area contributed by atoms with E-state index in [1.807, 2.05) is 64.1 Å². The van der Waals surface area contributed by atoms with Crippen LogP contribution in [0.5, 0.6) is 0 Å². The molecule has 0 bridgehead atoms. The van der Waals surface area contributed by atoms with Crippen LogP contribution in [-0.4, -0.2) is 30.9 Å². The Labute approximate surface area is 170 Å². The van der Waals surface area contributed by atoms with Crippen molar-refractivity contribution in [3.05, 3.63) is 58.7 Å². The fraction of sp³-hybridized carbons (Fsp3) is 0.348. The molecule has 0 saturated carbocycles. The first kappa shape index (κ1) is 20.6. The van der Waals surface area contributed by atoms with Gasteiger partial charge in [0.05, 0.1) is 5.92 Å². The third-order valence-corrected chi connectivity index (χ3v) is 4.83. The summed E-state index contributed by atoms with van der Waals surface area (Å²) in [4.78, 5) is 38.5. The maximum absolute atomic E-state index is 12.4. The number of rotatable bonds is 5. The monoisotopic (exact) mass is 394 g/mol. The van der Waals surface area contributed by atoms with Gasteiger partial charge >= 0.3 is 5.97 Å². The maximum atomic E-state index is 12.4. The number of ether oxygens (including phenoxy) is 1. The second-order valence-corrected chi connectivity index (χ2v) is 7.78. The summed E-state index contributed by atoms with van der Waals surface area (Å²) in [6.45, 7) is 7.72. The van der Waals surface area contributed by atoms with Crippen molar-refractivity contribution in [3.8, 4) is 0 Å². The fourth-order valence-electron chi connectivity index (χ4n) is 3.72. The van der Waals surface area contributed by atoms with E-state index in [1.165, 1.54) is 0 Å². The van der Waals surface area contributed by atoms with Crippen molar-refractivity contribution in [2.24, 2.45) is 5.92 Å². The number of hydrogen-bond acceptors (Lipinski definition) is 4. The number of carbonyl (C=O) groups excluding carboxylic acids is 3. The molecular weight excluding hydrogens is 368 g/mol. The smallest absolute Gasteiger partial charge is 0.311 e. The van der Waals surface area contributed by atoms with Crippen LogP contribution >= 0.6 is 0 Å². The van der Waals surface area contributed by atoms with E-state index in [0.29, 0.717) is 5.69 Å². The molecule has 0 radical (unpaired) electrons. The lowest BCUT2D eigenvalue weighted by atomic mass is 10.1. The zero-order chi connectivity index (χ0) is 21.1. The number of carbonyl (C=O) groups is 3. The van der Waals surface area contributed by atoms with Crippen LogP contribution in [0.25, 0.3) is 0 Å². The third-order valence-electron chi connectivity index (χ3n) is 4.83. The van der Waals surface area contributed by atoms with Crippen LogP contribution < -0.4 is 10.2 Å². The number of amides is 2. The van der Waals surface area contributed by atoms with E-state index < -0.39 is 17.8 Å². The highest BCUT2D eigenvalue weighted by atomic mass is 16.5. The number of nitrogens with one attached hydrogen (secondary N) is 1. The molecule has 6 nitrogen and oxygen atoms in total. The normalized spacial score (nSPS) is 16.1. The molecule has 2 amide bonds. The zero-order valence-corrected chi connectivity index (χ0v) is 17.2. The molecule has 2 aromatic carbocycles. The summed E-state index contributed by atoms with van der Waals surface area (Å²) < 4.78 is 5.17. The van der Waals surface area contributed by atoms with Crippen LogP contribution in [0.3, 0.4) is 0 Å². The molecule has 29 heavy (non-hydrogen) atoms. The van der Waals surface area contributed by atoms with E-state index in [4.69, 9.17) is 4.74 Å². The summed E-state index contributed by atoms with van der Waals surface area (Å²) in [5, 5.41) is 2.73. The first-order valence-corrected chi connectivity index (χ1v) is 9.64. The lowest BCUT2D eigenvalue weighted by Crippen LogP contribution is -2.28. The molecule has 1 atom stereocenters. The number of benzene rings is 2. The van der Waals surface area contributed by atoms with Gasteiger partial charge in [-0.15, -0.1) is 0 Å². The minimum Gasteiger partial charge on any atom is -0.455 e. The minimum absolute atomic E-state index is 0.0878. The Morgan fingerprint density at radius 3 is 2.10 bits per heavy atom. The van der Waals surface area contributed by atoms with Gasteiger partial charge in [-0.2, -0.15) is 0 Å². The molecule has 1 aliphatic rings. The van der Waals surface area contributed by atoms with Crippen LogP contribution in [0.2, 0.25) is 0 Å². The topological polar surface area (TPSA) is 75.7 Å². The summed E-state index contributed by atoms with van der Waals surface area (Å²) in [5.74, 6) is -1.62. The summed E-state index contributed by atoms with van der Waals surface area (Å²) in [7, 11) is 0. The number of hydrogen-bond donors (Lipinski definition) is 1. The Hall–Kier alpha value is -3.15. The van der Waals surface area contributed by atoms with Gasteiger partial charge in [0, 0.05) is 24.3 Å². The second kappa shape index (κ2) is 8.47. The first-order valence-electron chi connectivity index (χ1n) is 9.64. The third kappa shape index (κ3) is 5.22. The number of esters is 1. The van der Waals surface area contributed by atoms with Gasteiger partial charge in [-0.25, -0.2) is 0 Å². The van der Waals surface area contributed by atoms with Crippen LogP contribution in [0.1, 0.15) is 28.7 Å². The Morgan fingerprint density at radius 2 is 1.52 bits per heavy atom. The molecule has 1 heterocycles. The van der Waals surface area contributed by atoms with E-state index in [-0.39, 0.29) is 25.5 Å². The molecule has 1 fully saturated rings. The number of nitrogens with zero attached hydrogens (tertiary/aromatic N) is 1. The number of anilines is 2. The lowest BCUT2D eigenvalue weighted by molar-refractivity contribution is -0.151. The fourth-order valence-corrected chi connectivity index (χ4v) is 3.72. The van der Waals surface area contributed by atoms with Gasteiger partial charge in [-0.1, -0.05) is 12.1 Å². The van der Waals surface area contributed by atoms with E-state index in [0.717, 1.165) is 27.9 Å². The largest absolute Gasteiger partial charge is 0.455 e. The van der Waals surface area contributed by atoms with Gasteiger partial charge in [-0.05, 0) is 74.2 Å². The molecule has 152 valence electrons. The molecule has 3 rings (SSSR count). The van der Waals surface area contributed by atoms with Crippen molar-refractivity contribution >= 4 is 29.2 Å². The molecule has 0 spiro atoms. The molecule has 1 aliphatic heterocycles. The summed E-state index contributed by atoms with van der Waals surface area (Å²) >= 11 is 0. The van der Waals surface area contributed by atoms with Crippen molar-refractivity contribution in [2.45, 2.75) is 34.1 Å². The van der Waals surface area contributed by atoms with Gasteiger partial charge in [0.15, 0.2) is 6.61 Å². The van der Waals surface area contributed by atoms with Gasteiger partial charge in [0.2, 0.25) is 5.91 Å². The highest BCUT2D eigenvalue weighted by molar-refractivity contribution is 6.00. The van der Waals surface area contributed by atoms with Crippen molar-refractivity contribution in [1.82, 2.24) is 0 Å². The molecule has 1 saturated heterocycles. The Balaban J connectivity index is 1.55. The molecule has 0 aromatic heterocycles. The molecule has 0 aliphatic carbocycles. The van der Waals surface area contributed by atoms with Gasteiger partial charge in [-0.3, -0.25) is 14.4 Å². The van der Waals surface area contributed by atoms with Crippen LogP contribution in [0, 0.1) is 33.6 Å². The van der Waals surface area contributed by atoms with E-state index in [1.54, 1.807) is 4.90 Å². The zero-order valence-electron chi connectivity index (χ0n) is 17.2. The average Bonchev–Trinajstić information content (AvgIpc) is 3.00. The van der Waals surface area contributed by atoms with Crippen molar-refractivity contribution in [2.75, 3.05) is 23.4 Å². The Kier molecular flexibility index (Phi) is 6.01. The van der Waals surface area contributed by atoms with E-state index >= 15 is 0 Å². The van der Waals surface area contributed by atoms with Crippen molar-refractivity contribution < 1.29 is 19.1 Å². The highest BCUT2D eigenvalue weighted by Gasteiger charge is 2.36. The minimum atomic E-state index is -0.572. The molecule has 0 unspecified atom stereocenters. The highest BCUT2D eigenvalue weighted by Crippen LogP contribution is 2.27. The quantitative estimate of drug-likeness (QED) is 0.788. The van der Waals surface area contributed by atoms with E-state index in [2.05, 4.69) is 5.32 Å². The second-order valence-electron chi connectivity index (χ2n) is 7.78. The van der Waals surface area contributed by atoms with Crippen LogP contribution in [0.4, 0.5) is 11.4 Å². The van der Waals surface area contributed by atoms with Gasteiger partial charge in [0.25, 0.3) is 5.91 Å². The summed E-state index contributed by atoms with van der Waals surface area (Å²) in [5.41, 5.74) is 5.64. The van der Waals surface area contributed by atoms with Crippen molar-refractivity contribution in [1.29, 1.82) is 0 Å². The molecular formula is C23H26N2O4. The predicted molar refractivity (Wildman–Crippen MR) is 112 cm³/mol. The van der Waals surface area contributed by atoms with Crippen molar-refractivity contribution in [3.63, 3.8) is 0 Å². The maximum Gasteiger partial charge on any atom is 0.311 e.